The lowest BCUT2D eigenvalue weighted by Crippen LogP contribution is -2.56. The van der Waals surface area contributed by atoms with Crippen LogP contribution in [0.25, 0.3) is 0 Å². The smallest absolute Gasteiger partial charge is 0.329 e. The third-order valence-corrected chi connectivity index (χ3v) is 4.76. The highest BCUT2D eigenvalue weighted by atomic mass is 32.2. The number of hydrogen-bond acceptors (Lipinski definition) is 3. The summed E-state index contributed by atoms with van der Waals surface area (Å²) in [4.78, 5) is 23.1. The minimum atomic E-state index is -1.18. The van der Waals surface area contributed by atoms with E-state index in [1.54, 1.807) is 6.92 Å². The Morgan fingerprint density at radius 2 is 2.11 bits per heavy atom. The number of urea groups is 1. The Morgan fingerprint density at radius 3 is 2.58 bits per heavy atom. The van der Waals surface area contributed by atoms with Crippen molar-refractivity contribution in [3.8, 4) is 0 Å². The molecule has 1 aliphatic carbocycles. The third kappa shape index (κ3) is 4.60. The first kappa shape index (κ1) is 16.1. The van der Waals surface area contributed by atoms with Gasteiger partial charge in [0, 0.05) is 11.3 Å². The number of aliphatic carboxylic acids is 1. The number of rotatable bonds is 6. The Kier molecular flexibility index (Phi) is 5.97. The zero-order valence-electron chi connectivity index (χ0n) is 11.9. The summed E-state index contributed by atoms with van der Waals surface area (Å²) in [7, 11) is 0. The third-order valence-electron chi connectivity index (χ3n) is 3.66. The Bertz CT molecular complexity index is 338. The number of hydrogen-bond donors (Lipinski definition) is 3. The number of nitrogens with one attached hydrogen (secondary N) is 2. The van der Waals surface area contributed by atoms with Gasteiger partial charge in [-0.3, -0.25) is 0 Å². The molecule has 110 valence electrons. The van der Waals surface area contributed by atoms with Crippen LogP contribution in [0.15, 0.2) is 0 Å². The molecule has 0 aromatic heterocycles. The van der Waals surface area contributed by atoms with E-state index in [0.717, 1.165) is 19.3 Å². The van der Waals surface area contributed by atoms with Crippen molar-refractivity contribution in [1.82, 2.24) is 10.6 Å². The van der Waals surface area contributed by atoms with Gasteiger partial charge in [-0.15, -0.1) is 0 Å². The molecule has 0 aromatic carbocycles. The molecule has 1 fully saturated rings. The van der Waals surface area contributed by atoms with E-state index in [0.29, 0.717) is 18.1 Å². The first-order valence-corrected chi connectivity index (χ1v) is 8.05. The quantitative estimate of drug-likeness (QED) is 0.700. The lowest BCUT2D eigenvalue weighted by Gasteiger charge is -2.26. The van der Waals surface area contributed by atoms with Gasteiger partial charge < -0.3 is 15.7 Å². The van der Waals surface area contributed by atoms with E-state index in [2.05, 4.69) is 16.9 Å². The summed E-state index contributed by atoms with van der Waals surface area (Å²) in [6.45, 7) is 3.46. The van der Waals surface area contributed by atoms with Gasteiger partial charge in [0.05, 0.1) is 0 Å². The first-order valence-electron chi connectivity index (χ1n) is 6.76. The van der Waals surface area contributed by atoms with Crippen LogP contribution in [0.5, 0.6) is 0 Å². The van der Waals surface area contributed by atoms with Crippen molar-refractivity contribution in [2.45, 2.75) is 62.8 Å². The summed E-state index contributed by atoms with van der Waals surface area (Å²) in [6, 6.07) is -0.206. The van der Waals surface area contributed by atoms with Crippen molar-refractivity contribution in [1.29, 1.82) is 0 Å². The van der Waals surface area contributed by atoms with Crippen LogP contribution in [0.4, 0.5) is 4.79 Å². The van der Waals surface area contributed by atoms with Gasteiger partial charge in [-0.05, 0) is 38.9 Å². The largest absolute Gasteiger partial charge is 0.480 e. The molecule has 3 unspecified atom stereocenters. The molecular weight excluding hydrogens is 264 g/mol. The number of carbonyl (C=O) groups excluding carboxylic acids is 1. The van der Waals surface area contributed by atoms with Gasteiger partial charge in [-0.2, -0.15) is 11.8 Å². The molecule has 0 bridgehead atoms. The van der Waals surface area contributed by atoms with Gasteiger partial charge in [0.25, 0.3) is 0 Å². The summed E-state index contributed by atoms with van der Waals surface area (Å²) < 4.78 is 0. The van der Waals surface area contributed by atoms with Crippen molar-refractivity contribution in [3.05, 3.63) is 0 Å². The Morgan fingerprint density at radius 1 is 1.42 bits per heavy atom. The summed E-state index contributed by atoms with van der Waals surface area (Å²) in [5.41, 5.74) is -1.18. The van der Waals surface area contributed by atoms with Crippen LogP contribution < -0.4 is 10.6 Å². The minimum absolute atomic E-state index is 0.164. The van der Waals surface area contributed by atoms with E-state index in [4.69, 9.17) is 0 Å². The summed E-state index contributed by atoms with van der Waals surface area (Å²) in [6.07, 6.45) is 6.25. The molecule has 3 N–H and O–H groups in total. The standard InChI is InChI=1S/C13H24N2O3S/c1-4-7-13(2,11(16)17)15-12(18)14-9-5-6-10(8-9)19-3/h9-10H,4-8H2,1-3H3,(H,16,17)(H2,14,15,18). The molecule has 0 aromatic rings. The fraction of sp³-hybridized carbons (Fsp3) is 0.846. The van der Waals surface area contributed by atoms with Crippen molar-refractivity contribution in [2.24, 2.45) is 0 Å². The van der Waals surface area contributed by atoms with E-state index >= 15 is 0 Å². The van der Waals surface area contributed by atoms with E-state index in [1.165, 1.54) is 0 Å². The molecule has 1 saturated carbocycles. The Balaban J connectivity index is 2.47. The average Bonchev–Trinajstić information content (AvgIpc) is 2.76. The second-order valence-corrected chi connectivity index (χ2v) is 6.49. The minimum Gasteiger partial charge on any atom is -0.480 e. The van der Waals surface area contributed by atoms with Crippen LogP contribution >= 0.6 is 11.8 Å². The molecule has 5 nitrogen and oxygen atoms in total. The van der Waals surface area contributed by atoms with Crippen LogP contribution in [0.2, 0.25) is 0 Å². The van der Waals surface area contributed by atoms with Crippen molar-refractivity contribution < 1.29 is 14.7 Å². The van der Waals surface area contributed by atoms with E-state index < -0.39 is 11.5 Å². The fourth-order valence-electron chi connectivity index (χ4n) is 2.48. The van der Waals surface area contributed by atoms with Crippen LogP contribution in [0, 0.1) is 0 Å². The van der Waals surface area contributed by atoms with E-state index in [9.17, 15) is 14.7 Å². The zero-order chi connectivity index (χ0) is 14.5. The predicted molar refractivity (Wildman–Crippen MR) is 77.6 cm³/mol. The van der Waals surface area contributed by atoms with Crippen molar-refractivity contribution in [2.75, 3.05) is 6.26 Å². The van der Waals surface area contributed by atoms with Gasteiger partial charge in [0.2, 0.25) is 0 Å². The maximum Gasteiger partial charge on any atom is 0.329 e. The lowest BCUT2D eigenvalue weighted by atomic mass is 9.96. The number of carboxylic acids is 1. The fourth-order valence-corrected chi connectivity index (χ4v) is 3.28. The maximum absolute atomic E-state index is 11.9. The van der Waals surface area contributed by atoms with Gasteiger partial charge >= 0.3 is 12.0 Å². The van der Waals surface area contributed by atoms with Crippen LogP contribution in [0.3, 0.4) is 0 Å². The molecule has 0 heterocycles. The molecule has 1 rings (SSSR count). The van der Waals surface area contributed by atoms with E-state index in [1.807, 2.05) is 18.7 Å². The highest BCUT2D eigenvalue weighted by Crippen LogP contribution is 2.28. The Hall–Kier alpha value is -0.910. The normalized spacial score (nSPS) is 25.6. The number of carbonyl (C=O) groups is 2. The van der Waals surface area contributed by atoms with Crippen molar-refractivity contribution in [3.63, 3.8) is 0 Å². The van der Waals surface area contributed by atoms with Crippen LogP contribution in [-0.4, -0.2) is 40.2 Å². The summed E-state index contributed by atoms with van der Waals surface area (Å²) in [5, 5.41) is 15.3. The molecule has 0 aliphatic heterocycles. The van der Waals surface area contributed by atoms with E-state index in [-0.39, 0.29) is 12.1 Å². The topological polar surface area (TPSA) is 78.4 Å². The SMILES string of the molecule is CCCC(C)(NC(=O)NC1CCC(SC)C1)C(=O)O. The van der Waals surface area contributed by atoms with Gasteiger partial charge in [0.1, 0.15) is 5.54 Å². The van der Waals surface area contributed by atoms with Crippen LogP contribution in [0.1, 0.15) is 46.0 Å². The molecule has 1 aliphatic rings. The van der Waals surface area contributed by atoms with Gasteiger partial charge in [-0.25, -0.2) is 9.59 Å². The highest BCUT2D eigenvalue weighted by molar-refractivity contribution is 7.99. The molecule has 3 atom stereocenters. The predicted octanol–water partition coefficient (Wildman–Crippen LogP) is 2.21. The van der Waals surface area contributed by atoms with Crippen molar-refractivity contribution >= 4 is 23.8 Å². The molecule has 6 heteroatoms. The highest BCUT2D eigenvalue weighted by Gasteiger charge is 2.35. The average molecular weight is 288 g/mol. The lowest BCUT2D eigenvalue weighted by molar-refractivity contribution is -0.144. The maximum atomic E-state index is 11.9. The van der Waals surface area contributed by atoms with Gasteiger partial charge in [0.15, 0.2) is 0 Å². The summed E-state index contributed by atoms with van der Waals surface area (Å²) >= 11 is 1.82. The van der Waals surface area contributed by atoms with Crippen LogP contribution in [-0.2, 0) is 4.79 Å². The molecule has 0 saturated heterocycles. The molecule has 2 amide bonds. The second kappa shape index (κ2) is 7.03. The second-order valence-electron chi connectivity index (χ2n) is 5.35. The van der Waals surface area contributed by atoms with Gasteiger partial charge in [-0.1, -0.05) is 13.3 Å². The monoisotopic (exact) mass is 288 g/mol. The number of carboxylic acid groups (broad SMARTS) is 1. The zero-order valence-corrected chi connectivity index (χ0v) is 12.7. The molecule has 0 radical (unpaired) electrons. The first-order chi connectivity index (χ1) is 8.91. The number of amides is 2. The summed E-state index contributed by atoms with van der Waals surface area (Å²) in [5.74, 6) is -0.988. The molecule has 19 heavy (non-hydrogen) atoms. The molecular formula is C13H24N2O3S. The Labute approximate surface area is 118 Å². The molecule has 0 spiro atoms. The number of thioether (sulfide) groups is 1.